The second kappa shape index (κ2) is 3.37. The molecule has 5 nitrogen and oxygen atoms in total. The van der Waals surface area contributed by atoms with Gasteiger partial charge < -0.3 is 14.5 Å². The van der Waals surface area contributed by atoms with Crippen LogP contribution in [0.5, 0.6) is 0 Å². The fourth-order valence-corrected chi connectivity index (χ4v) is 1.16. The van der Waals surface area contributed by atoms with Gasteiger partial charge in [-0.2, -0.15) is 0 Å². The summed E-state index contributed by atoms with van der Waals surface area (Å²) in [5, 5.41) is 8.54. The van der Waals surface area contributed by atoms with Crippen LogP contribution in [0.4, 0.5) is 0 Å². The van der Waals surface area contributed by atoms with Gasteiger partial charge in [0.2, 0.25) is 0 Å². The van der Waals surface area contributed by atoms with Crippen LogP contribution >= 0.6 is 0 Å². The molecule has 0 aliphatic carbocycles. The van der Waals surface area contributed by atoms with Gasteiger partial charge in [-0.25, -0.2) is 4.98 Å². The minimum Gasteiger partial charge on any atom is -0.481 e. The third-order valence-electron chi connectivity index (χ3n) is 1.76. The molecule has 5 heteroatoms. The first-order chi connectivity index (χ1) is 6.75. The standard InChI is InChI=1S/C9H8N2O3/c12-8(13)3-7-4-10-9(11-7)6-1-2-14-5-6/h1-2,4-5H,3H2,(H,10,11)(H,12,13). The van der Waals surface area contributed by atoms with Crippen molar-refractivity contribution in [2.45, 2.75) is 6.42 Å². The van der Waals surface area contributed by atoms with Gasteiger partial charge in [-0.15, -0.1) is 0 Å². The topological polar surface area (TPSA) is 79.1 Å². The first-order valence-corrected chi connectivity index (χ1v) is 4.04. The molecule has 0 unspecified atom stereocenters. The lowest BCUT2D eigenvalue weighted by molar-refractivity contribution is -0.136. The Morgan fingerprint density at radius 1 is 1.64 bits per heavy atom. The molecular formula is C9H8N2O3. The highest BCUT2D eigenvalue weighted by Gasteiger charge is 2.06. The molecule has 72 valence electrons. The van der Waals surface area contributed by atoms with Gasteiger partial charge in [0.05, 0.1) is 18.2 Å². The number of rotatable bonds is 3. The first kappa shape index (κ1) is 8.55. The number of furan rings is 1. The molecule has 2 aromatic heterocycles. The molecule has 2 rings (SSSR count). The van der Waals surface area contributed by atoms with Crippen molar-refractivity contribution >= 4 is 5.97 Å². The molecule has 0 radical (unpaired) electrons. The van der Waals surface area contributed by atoms with Crippen molar-refractivity contribution in [3.05, 3.63) is 30.5 Å². The minimum atomic E-state index is -0.882. The fourth-order valence-electron chi connectivity index (χ4n) is 1.16. The lowest BCUT2D eigenvalue weighted by Gasteiger charge is -1.89. The van der Waals surface area contributed by atoms with E-state index in [2.05, 4.69) is 9.97 Å². The number of aliphatic carboxylic acids is 1. The van der Waals surface area contributed by atoms with Crippen LogP contribution in [0.1, 0.15) is 5.69 Å². The number of aromatic nitrogens is 2. The number of imidazole rings is 1. The van der Waals surface area contributed by atoms with Crippen molar-refractivity contribution in [3.8, 4) is 11.4 Å². The number of hydrogen-bond donors (Lipinski definition) is 2. The fraction of sp³-hybridized carbons (Fsp3) is 0.111. The Kier molecular flexibility index (Phi) is 2.06. The number of nitrogens with zero attached hydrogens (tertiary/aromatic N) is 1. The van der Waals surface area contributed by atoms with Crippen LogP contribution in [-0.2, 0) is 11.2 Å². The van der Waals surface area contributed by atoms with E-state index in [0.717, 1.165) is 5.56 Å². The van der Waals surface area contributed by atoms with E-state index in [4.69, 9.17) is 9.52 Å². The monoisotopic (exact) mass is 192 g/mol. The molecule has 14 heavy (non-hydrogen) atoms. The normalized spacial score (nSPS) is 10.3. The lowest BCUT2D eigenvalue weighted by atomic mass is 10.3. The van der Waals surface area contributed by atoms with Crippen LogP contribution in [0.25, 0.3) is 11.4 Å². The number of hydrogen-bond acceptors (Lipinski definition) is 3. The number of aromatic amines is 1. The highest BCUT2D eigenvalue weighted by Crippen LogP contribution is 2.15. The van der Waals surface area contributed by atoms with Crippen molar-refractivity contribution < 1.29 is 14.3 Å². The first-order valence-electron chi connectivity index (χ1n) is 4.04. The maximum absolute atomic E-state index is 10.4. The lowest BCUT2D eigenvalue weighted by Crippen LogP contribution is -1.99. The third-order valence-corrected chi connectivity index (χ3v) is 1.76. The summed E-state index contributed by atoms with van der Waals surface area (Å²) in [7, 11) is 0. The van der Waals surface area contributed by atoms with Crippen molar-refractivity contribution in [2.75, 3.05) is 0 Å². The van der Waals surface area contributed by atoms with Crippen LogP contribution in [-0.4, -0.2) is 21.0 Å². The largest absolute Gasteiger partial charge is 0.481 e. The highest BCUT2D eigenvalue weighted by atomic mass is 16.4. The quantitative estimate of drug-likeness (QED) is 0.768. The van der Waals surface area contributed by atoms with Gasteiger partial charge in [0.25, 0.3) is 0 Å². The summed E-state index contributed by atoms with van der Waals surface area (Å²) in [6, 6.07) is 1.75. The summed E-state index contributed by atoms with van der Waals surface area (Å²) in [6.45, 7) is 0. The van der Waals surface area contributed by atoms with Gasteiger partial charge in [-0.1, -0.05) is 0 Å². The molecule has 0 saturated carbocycles. The Morgan fingerprint density at radius 3 is 3.14 bits per heavy atom. The molecule has 0 aromatic carbocycles. The third kappa shape index (κ3) is 1.66. The van der Waals surface area contributed by atoms with Gasteiger partial charge in [-0.05, 0) is 6.07 Å². The number of carboxylic acids is 1. The molecule has 0 spiro atoms. The zero-order valence-electron chi connectivity index (χ0n) is 7.23. The van der Waals surface area contributed by atoms with E-state index in [-0.39, 0.29) is 6.42 Å². The number of nitrogens with one attached hydrogen (secondary N) is 1. The smallest absolute Gasteiger partial charge is 0.309 e. The van der Waals surface area contributed by atoms with Crippen molar-refractivity contribution in [1.82, 2.24) is 9.97 Å². The molecule has 0 amide bonds. The predicted molar refractivity (Wildman–Crippen MR) is 47.6 cm³/mol. The zero-order chi connectivity index (χ0) is 9.97. The summed E-state index contributed by atoms with van der Waals surface area (Å²) in [5.74, 6) is -0.262. The second-order valence-corrected chi connectivity index (χ2v) is 2.84. The predicted octanol–water partition coefficient (Wildman–Crippen LogP) is 1.30. The van der Waals surface area contributed by atoms with Crippen LogP contribution < -0.4 is 0 Å². The van der Waals surface area contributed by atoms with Gasteiger partial charge in [0, 0.05) is 11.9 Å². The van der Waals surface area contributed by atoms with Gasteiger partial charge in [0.15, 0.2) is 0 Å². The van der Waals surface area contributed by atoms with Crippen LogP contribution in [0, 0.1) is 0 Å². The maximum Gasteiger partial charge on any atom is 0.309 e. The number of carboxylic acid groups (broad SMARTS) is 1. The Balaban J connectivity index is 2.22. The molecule has 2 N–H and O–H groups in total. The van der Waals surface area contributed by atoms with Crippen molar-refractivity contribution in [1.29, 1.82) is 0 Å². The summed E-state index contributed by atoms with van der Waals surface area (Å²) < 4.78 is 4.88. The van der Waals surface area contributed by atoms with E-state index in [9.17, 15) is 4.79 Å². The Morgan fingerprint density at radius 2 is 2.50 bits per heavy atom. The minimum absolute atomic E-state index is 0.0507. The summed E-state index contributed by atoms with van der Waals surface area (Å²) in [6.07, 6.45) is 4.54. The maximum atomic E-state index is 10.4. The average molecular weight is 192 g/mol. The van der Waals surface area contributed by atoms with Crippen LogP contribution in [0.2, 0.25) is 0 Å². The van der Waals surface area contributed by atoms with Crippen LogP contribution in [0.15, 0.2) is 29.2 Å². The molecule has 2 heterocycles. The SMILES string of the molecule is O=C(O)Cc1cnc(-c2ccoc2)[nH]1. The molecule has 0 saturated heterocycles. The van der Waals surface area contributed by atoms with E-state index in [1.807, 2.05) is 0 Å². The van der Waals surface area contributed by atoms with E-state index in [1.54, 1.807) is 12.3 Å². The highest BCUT2D eigenvalue weighted by molar-refractivity contribution is 5.69. The van der Waals surface area contributed by atoms with E-state index >= 15 is 0 Å². The molecule has 0 fully saturated rings. The number of H-pyrrole nitrogens is 1. The molecular weight excluding hydrogens is 184 g/mol. The molecule has 0 atom stereocenters. The number of carbonyl (C=O) groups is 1. The van der Waals surface area contributed by atoms with Gasteiger partial charge >= 0.3 is 5.97 Å². The Labute approximate surface area is 79.4 Å². The van der Waals surface area contributed by atoms with Crippen LogP contribution in [0.3, 0.4) is 0 Å². The van der Waals surface area contributed by atoms with Gasteiger partial charge in [-0.3, -0.25) is 4.79 Å². The summed E-state index contributed by atoms with van der Waals surface area (Å²) >= 11 is 0. The Hall–Kier alpha value is -2.04. The Bertz CT molecular complexity index is 431. The summed E-state index contributed by atoms with van der Waals surface area (Å²) in [5.41, 5.74) is 1.38. The van der Waals surface area contributed by atoms with Gasteiger partial charge in [0.1, 0.15) is 12.1 Å². The molecule has 0 bridgehead atoms. The van der Waals surface area contributed by atoms with Crippen molar-refractivity contribution in [2.24, 2.45) is 0 Å². The molecule has 2 aromatic rings. The molecule has 0 aliphatic rings. The molecule has 0 aliphatic heterocycles. The average Bonchev–Trinajstić information content (AvgIpc) is 2.69. The zero-order valence-corrected chi connectivity index (χ0v) is 7.23. The second-order valence-electron chi connectivity index (χ2n) is 2.84. The van der Waals surface area contributed by atoms with Crippen molar-refractivity contribution in [3.63, 3.8) is 0 Å². The van der Waals surface area contributed by atoms with E-state index in [1.165, 1.54) is 12.5 Å². The summed E-state index contributed by atoms with van der Waals surface area (Å²) in [4.78, 5) is 17.3. The van der Waals surface area contributed by atoms with E-state index < -0.39 is 5.97 Å². The van der Waals surface area contributed by atoms with E-state index in [0.29, 0.717) is 11.5 Å².